The maximum Gasteiger partial charge on any atom is 0.104 e. The highest BCUT2D eigenvalue weighted by Crippen LogP contribution is 1.91. The summed E-state index contributed by atoms with van der Waals surface area (Å²) < 4.78 is 0.769. The molecular weight excluding hydrogens is 138 g/mol. The lowest BCUT2D eigenvalue weighted by Gasteiger charge is -2.24. The first-order valence-corrected chi connectivity index (χ1v) is 2.73. The Hall–Kier alpha value is 0.210. The molecule has 9 heavy (non-hydrogen) atoms. The normalized spacial score (nSPS) is 14.3. The van der Waals surface area contributed by atoms with Crippen LogP contribution in [0.5, 0.6) is 0 Å². The second-order valence-corrected chi connectivity index (χ2v) is 3.13. The molecule has 0 spiro atoms. The van der Waals surface area contributed by atoms with Crippen LogP contribution >= 0.6 is 0 Å². The summed E-state index contributed by atoms with van der Waals surface area (Å²) in [7, 11) is 6.07. The van der Waals surface area contributed by atoms with Crippen molar-refractivity contribution in [2.24, 2.45) is 0 Å². The van der Waals surface area contributed by atoms with Crippen LogP contribution in [-0.2, 0) is 0 Å². The third kappa shape index (κ3) is 11.7. The van der Waals surface area contributed by atoms with Crippen molar-refractivity contribution in [3.63, 3.8) is 0 Å². The van der Waals surface area contributed by atoms with Crippen molar-refractivity contribution in [1.29, 1.82) is 0 Å². The summed E-state index contributed by atoms with van der Waals surface area (Å²) in [5, 5.41) is 8.76. The van der Waals surface area contributed by atoms with E-state index >= 15 is 0 Å². The van der Waals surface area contributed by atoms with Crippen molar-refractivity contribution in [2.75, 3.05) is 27.7 Å². The molecule has 0 heterocycles. The lowest BCUT2D eigenvalue weighted by atomic mass is 10.3. The maximum atomic E-state index is 8.76. The lowest BCUT2D eigenvalue weighted by molar-refractivity contribution is -0.872. The van der Waals surface area contributed by atoms with E-state index in [4.69, 9.17) is 5.11 Å². The molecule has 2 nitrogen and oxygen atoms in total. The molecule has 0 aromatic rings. The number of nitrogens with zero attached hydrogens (tertiary/aromatic N) is 1. The fourth-order valence-corrected chi connectivity index (χ4v) is 0.632. The van der Waals surface area contributed by atoms with Gasteiger partial charge in [-0.2, -0.15) is 0 Å². The molecule has 0 rings (SSSR count). The van der Waals surface area contributed by atoms with Crippen LogP contribution in [0, 0.1) is 6.92 Å². The van der Waals surface area contributed by atoms with Crippen LogP contribution < -0.4 is 12.4 Å². The number of rotatable bonds is 2. The number of hydrogen-bond acceptors (Lipinski definition) is 1. The van der Waals surface area contributed by atoms with E-state index in [1.54, 1.807) is 0 Å². The Kier molecular flexibility index (Phi) is 5.43. The largest absolute Gasteiger partial charge is 1.00 e. The lowest BCUT2D eigenvalue weighted by Crippen LogP contribution is -3.00. The highest BCUT2D eigenvalue weighted by Gasteiger charge is 2.09. The van der Waals surface area contributed by atoms with E-state index in [0.717, 1.165) is 4.48 Å². The van der Waals surface area contributed by atoms with Crippen LogP contribution in [0.15, 0.2) is 0 Å². The topological polar surface area (TPSA) is 20.2 Å². The van der Waals surface area contributed by atoms with Gasteiger partial charge < -0.3 is 22.0 Å². The molecule has 1 atom stereocenters. The Morgan fingerprint density at radius 3 is 1.78 bits per heavy atom. The molecular formula is C6H15ClNO. The van der Waals surface area contributed by atoms with Crippen LogP contribution in [0.1, 0.15) is 0 Å². The van der Waals surface area contributed by atoms with E-state index in [9.17, 15) is 0 Å². The Bertz CT molecular complexity index is 67.9. The van der Waals surface area contributed by atoms with Crippen molar-refractivity contribution in [3.8, 4) is 0 Å². The molecule has 0 fully saturated rings. The number of quaternary nitrogens is 1. The van der Waals surface area contributed by atoms with Crippen molar-refractivity contribution in [1.82, 2.24) is 0 Å². The quantitative estimate of drug-likeness (QED) is 0.416. The van der Waals surface area contributed by atoms with Gasteiger partial charge in [0.2, 0.25) is 0 Å². The average molecular weight is 153 g/mol. The van der Waals surface area contributed by atoms with E-state index in [-0.39, 0.29) is 12.4 Å². The molecule has 0 saturated carbocycles. The van der Waals surface area contributed by atoms with Gasteiger partial charge in [0.15, 0.2) is 0 Å². The molecule has 57 valence electrons. The molecule has 1 unspecified atom stereocenters. The molecule has 1 N–H and O–H groups in total. The van der Waals surface area contributed by atoms with Gasteiger partial charge in [0.25, 0.3) is 0 Å². The first-order chi connectivity index (χ1) is 3.42. The predicted molar refractivity (Wildman–Crippen MR) is 34.3 cm³/mol. The Morgan fingerprint density at radius 1 is 1.44 bits per heavy atom. The molecule has 1 radical (unpaired) electrons. The second-order valence-electron chi connectivity index (χ2n) is 3.13. The minimum atomic E-state index is -0.435. The molecule has 0 aromatic heterocycles. The monoisotopic (exact) mass is 152 g/mol. The number of halogens is 1. The van der Waals surface area contributed by atoms with Crippen LogP contribution in [0.3, 0.4) is 0 Å². The van der Waals surface area contributed by atoms with Gasteiger partial charge in [0, 0.05) is 0 Å². The highest BCUT2D eigenvalue weighted by atomic mass is 35.5. The summed E-state index contributed by atoms with van der Waals surface area (Å²) in [6, 6.07) is 0. The summed E-state index contributed by atoms with van der Waals surface area (Å²) >= 11 is 0. The Morgan fingerprint density at radius 2 is 1.78 bits per heavy atom. The van der Waals surface area contributed by atoms with Gasteiger partial charge in [0.05, 0.1) is 21.1 Å². The van der Waals surface area contributed by atoms with E-state index in [1.807, 2.05) is 21.1 Å². The van der Waals surface area contributed by atoms with Crippen LogP contribution in [-0.4, -0.2) is 43.4 Å². The highest BCUT2D eigenvalue weighted by molar-refractivity contribution is 4.52. The zero-order valence-electron chi connectivity index (χ0n) is 6.26. The molecule has 0 aliphatic heterocycles. The molecule has 0 aliphatic carbocycles. The average Bonchev–Trinajstić information content (AvgIpc) is 1.21. The first-order valence-electron chi connectivity index (χ1n) is 2.73. The van der Waals surface area contributed by atoms with Crippen molar-refractivity contribution < 1.29 is 22.0 Å². The number of aliphatic hydroxyl groups excluding tert-OH is 1. The van der Waals surface area contributed by atoms with Gasteiger partial charge in [-0.15, -0.1) is 0 Å². The summed E-state index contributed by atoms with van der Waals surface area (Å²) in [6.45, 7) is 4.17. The van der Waals surface area contributed by atoms with Crippen molar-refractivity contribution >= 4 is 0 Å². The predicted octanol–water partition coefficient (Wildman–Crippen LogP) is -3.11. The zero-order valence-corrected chi connectivity index (χ0v) is 7.02. The van der Waals surface area contributed by atoms with Crippen molar-refractivity contribution in [3.05, 3.63) is 6.92 Å². The molecule has 0 bridgehead atoms. The van der Waals surface area contributed by atoms with E-state index in [2.05, 4.69) is 6.92 Å². The standard InChI is InChI=1S/C6H15NO.ClH/c1-6(8)5-7(2,3)4;/h6,8H,1,5H2,2-4H3;1H/q+1;/p-1. The van der Waals surface area contributed by atoms with Gasteiger partial charge in [-0.3, -0.25) is 0 Å². The van der Waals surface area contributed by atoms with Crippen LogP contribution in [0.4, 0.5) is 0 Å². The summed E-state index contributed by atoms with van der Waals surface area (Å²) in [5.74, 6) is 0. The molecule has 0 aromatic carbocycles. The maximum absolute atomic E-state index is 8.76. The second kappa shape index (κ2) is 4.09. The molecule has 0 aliphatic rings. The minimum Gasteiger partial charge on any atom is -1.00 e. The first kappa shape index (κ1) is 11.9. The molecule has 0 amide bonds. The van der Waals surface area contributed by atoms with Crippen LogP contribution in [0.2, 0.25) is 0 Å². The third-order valence-corrected chi connectivity index (χ3v) is 0.758. The van der Waals surface area contributed by atoms with Crippen molar-refractivity contribution in [2.45, 2.75) is 6.10 Å². The summed E-state index contributed by atoms with van der Waals surface area (Å²) in [5.41, 5.74) is 0. The number of hydrogen-bond donors (Lipinski definition) is 1. The van der Waals surface area contributed by atoms with E-state index in [0.29, 0.717) is 6.54 Å². The fraction of sp³-hybridized carbons (Fsp3) is 0.833. The fourth-order valence-electron chi connectivity index (χ4n) is 0.632. The number of aliphatic hydroxyl groups is 1. The Balaban J connectivity index is 0. The van der Waals surface area contributed by atoms with Gasteiger partial charge in [-0.05, 0) is 6.92 Å². The minimum absolute atomic E-state index is 0. The van der Waals surface area contributed by atoms with Gasteiger partial charge >= 0.3 is 0 Å². The third-order valence-electron chi connectivity index (χ3n) is 0.758. The summed E-state index contributed by atoms with van der Waals surface area (Å²) in [4.78, 5) is 0. The van der Waals surface area contributed by atoms with E-state index in [1.165, 1.54) is 0 Å². The van der Waals surface area contributed by atoms with Gasteiger partial charge in [-0.1, -0.05) is 0 Å². The Labute approximate surface area is 63.5 Å². The van der Waals surface area contributed by atoms with Gasteiger partial charge in [-0.25, -0.2) is 0 Å². The number of likely N-dealkylation sites (N-methyl/N-ethyl adjacent to an activating group) is 1. The SMILES string of the molecule is [CH2]C(O)C[N+](C)(C)C.[Cl-]. The van der Waals surface area contributed by atoms with E-state index < -0.39 is 6.10 Å². The zero-order chi connectivity index (χ0) is 6.78. The molecule has 0 saturated heterocycles. The smallest absolute Gasteiger partial charge is 0.104 e. The summed E-state index contributed by atoms with van der Waals surface area (Å²) in [6.07, 6.45) is -0.435. The van der Waals surface area contributed by atoms with Gasteiger partial charge in [0.1, 0.15) is 12.6 Å². The van der Waals surface area contributed by atoms with Crippen LogP contribution in [0.25, 0.3) is 0 Å². The molecule has 3 heteroatoms.